The Labute approximate surface area is 116 Å². The fourth-order valence-electron chi connectivity index (χ4n) is 1.42. The predicted octanol–water partition coefficient (Wildman–Crippen LogP) is 2.25. The van der Waals surface area contributed by atoms with Crippen molar-refractivity contribution in [2.75, 3.05) is 19.0 Å². The fraction of sp³-hybridized carbons (Fsp3) is 0.333. The smallest absolute Gasteiger partial charge is 0.194 e. The maximum absolute atomic E-state index is 5.39. The summed E-state index contributed by atoms with van der Waals surface area (Å²) in [5.41, 5.74) is 0. The number of hydrogen-bond donors (Lipinski definition) is 1. The van der Waals surface area contributed by atoms with E-state index < -0.39 is 0 Å². The Hall–Kier alpha value is -1.89. The molecule has 2 aromatic rings. The molecule has 0 atom stereocenters. The van der Waals surface area contributed by atoms with Gasteiger partial charge >= 0.3 is 0 Å². The van der Waals surface area contributed by atoms with Crippen molar-refractivity contribution in [1.29, 1.82) is 0 Å². The van der Waals surface area contributed by atoms with Crippen LogP contribution >= 0.6 is 11.8 Å². The lowest BCUT2D eigenvalue weighted by Crippen LogP contribution is -2.05. The molecule has 0 aliphatic heterocycles. The van der Waals surface area contributed by atoms with Crippen LogP contribution in [0.4, 0.5) is 5.82 Å². The summed E-state index contributed by atoms with van der Waals surface area (Å²) in [6, 6.07) is 1.82. The van der Waals surface area contributed by atoms with Crippen LogP contribution in [0.5, 0.6) is 5.75 Å². The third-order valence-electron chi connectivity index (χ3n) is 2.27. The van der Waals surface area contributed by atoms with E-state index in [1.54, 1.807) is 13.3 Å². The van der Waals surface area contributed by atoms with Crippen LogP contribution in [0.25, 0.3) is 0 Å². The van der Waals surface area contributed by atoms with E-state index in [-0.39, 0.29) is 0 Å². The van der Waals surface area contributed by atoms with Crippen molar-refractivity contribution in [3.63, 3.8) is 0 Å². The molecule has 19 heavy (non-hydrogen) atoms. The summed E-state index contributed by atoms with van der Waals surface area (Å²) in [4.78, 5) is 16.5. The van der Waals surface area contributed by atoms with Gasteiger partial charge in [-0.3, -0.25) is 0 Å². The van der Waals surface area contributed by atoms with Gasteiger partial charge in [-0.2, -0.15) is 0 Å². The molecule has 1 N–H and O–H groups in total. The Bertz CT molecular complexity index is 523. The van der Waals surface area contributed by atoms with Gasteiger partial charge in [0.05, 0.1) is 7.11 Å². The summed E-state index contributed by atoms with van der Waals surface area (Å²) < 4.78 is 5.39. The molecule has 0 aliphatic rings. The van der Waals surface area contributed by atoms with E-state index >= 15 is 0 Å². The number of anilines is 1. The number of hydrogen-bond acceptors (Lipinski definition) is 7. The number of ether oxygens (including phenoxy) is 1. The average molecular weight is 277 g/mol. The van der Waals surface area contributed by atoms with Crippen molar-refractivity contribution in [2.45, 2.75) is 23.4 Å². The molecule has 6 nitrogen and oxygen atoms in total. The molecule has 0 aromatic carbocycles. The first-order chi connectivity index (χ1) is 9.35. The highest BCUT2D eigenvalue weighted by molar-refractivity contribution is 7.99. The first-order valence-corrected chi connectivity index (χ1v) is 6.73. The van der Waals surface area contributed by atoms with Gasteiger partial charge in [-0.05, 0) is 24.2 Å². The van der Waals surface area contributed by atoms with Crippen LogP contribution in [0.2, 0.25) is 0 Å². The second-order valence-corrected chi connectivity index (χ2v) is 4.65. The molecule has 0 spiro atoms. The Kier molecular flexibility index (Phi) is 4.91. The van der Waals surface area contributed by atoms with Crippen LogP contribution in [0.1, 0.15) is 13.3 Å². The summed E-state index contributed by atoms with van der Waals surface area (Å²) in [5, 5.41) is 4.76. The van der Waals surface area contributed by atoms with Gasteiger partial charge in [0, 0.05) is 12.7 Å². The highest BCUT2D eigenvalue weighted by Crippen LogP contribution is 2.35. The third-order valence-corrected chi connectivity index (χ3v) is 3.21. The summed E-state index contributed by atoms with van der Waals surface area (Å²) >= 11 is 1.42. The molecule has 0 bridgehead atoms. The molecule has 0 unspecified atom stereocenters. The highest BCUT2D eigenvalue weighted by Gasteiger charge is 2.13. The lowest BCUT2D eigenvalue weighted by Gasteiger charge is -2.11. The monoisotopic (exact) mass is 277 g/mol. The van der Waals surface area contributed by atoms with Crippen molar-refractivity contribution in [3.8, 4) is 5.75 Å². The van der Waals surface area contributed by atoms with Gasteiger partial charge < -0.3 is 10.1 Å². The van der Waals surface area contributed by atoms with Crippen LogP contribution in [0.3, 0.4) is 0 Å². The third kappa shape index (κ3) is 3.54. The van der Waals surface area contributed by atoms with E-state index in [1.165, 1.54) is 24.4 Å². The van der Waals surface area contributed by atoms with Gasteiger partial charge in [-0.1, -0.05) is 6.92 Å². The zero-order valence-electron chi connectivity index (χ0n) is 10.8. The molecule has 7 heteroatoms. The van der Waals surface area contributed by atoms with E-state index in [9.17, 15) is 0 Å². The van der Waals surface area contributed by atoms with Crippen molar-refractivity contribution >= 4 is 17.6 Å². The number of methoxy groups -OCH3 is 1. The molecule has 0 radical (unpaired) electrons. The second-order valence-electron chi connectivity index (χ2n) is 3.64. The lowest BCUT2D eigenvalue weighted by atomic mass is 10.4. The van der Waals surface area contributed by atoms with Crippen LogP contribution in [0.15, 0.2) is 35.0 Å². The molecular weight excluding hydrogens is 262 g/mol. The minimum absolute atomic E-state index is 0.638. The molecule has 2 rings (SSSR count). The summed E-state index contributed by atoms with van der Waals surface area (Å²) in [7, 11) is 1.61. The standard InChI is InChI=1S/C12H15N5OS/c1-3-5-14-11-10(18-2)12(17-8-16-11)19-9-4-6-13-7-15-9/h4,6-8H,3,5H2,1-2H3,(H,14,16,17). The van der Waals surface area contributed by atoms with Gasteiger partial charge in [-0.25, -0.2) is 19.9 Å². The molecule has 2 heterocycles. The molecule has 2 aromatic heterocycles. The topological polar surface area (TPSA) is 72.8 Å². The predicted molar refractivity (Wildman–Crippen MR) is 73.5 cm³/mol. The molecule has 0 fully saturated rings. The summed E-state index contributed by atoms with van der Waals surface area (Å²) in [6.45, 7) is 2.93. The largest absolute Gasteiger partial charge is 0.490 e. The van der Waals surface area contributed by atoms with Crippen molar-refractivity contribution in [1.82, 2.24) is 19.9 Å². The minimum atomic E-state index is 0.638. The van der Waals surface area contributed by atoms with E-state index in [2.05, 4.69) is 32.2 Å². The van der Waals surface area contributed by atoms with Gasteiger partial charge in [0.25, 0.3) is 0 Å². The van der Waals surface area contributed by atoms with Gasteiger partial charge in [-0.15, -0.1) is 0 Å². The van der Waals surface area contributed by atoms with E-state index in [1.807, 2.05) is 6.07 Å². The Morgan fingerprint density at radius 2 is 2.16 bits per heavy atom. The number of rotatable bonds is 6. The Morgan fingerprint density at radius 3 is 2.84 bits per heavy atom. The lowest BCUT2D eigenvalue weighted by molar-refractivity contribution is 0.400. The molecule has 100 valence electrons. The van der Waals surface area contributed by atoms with Crippen LogP contribution < -0.4 is 10.1 Å². The van der Waals surface area contributed by atoms with Crippen LogP contribution in [-0.2, 0) is 0 Å². The van der Waals surface area contributed by atoms with Crippen molar-refractivity contribution in [3.05, 3.63) is 24.9 Å². The first kappa shape index (κ1) is 13.5. The molecular formula is C12H15N5OS. The maximum atomic E-state index is 5.39. The van der Waals surface area contributed by atoms with Gasteiger partial charge in [0.2, 0.25) is 0 Å². The molecule has 0 aliphatic carbocycles. The Morgan fingerprint density at radius 1 is 1.26 bits per heavy atom. The number of nitrogens with one attached hydrogen (secondary N) is 1. The second kappa shape index (κ2) is 6.89. The molecule has 0 saturated carbocycles. The van der Waals surface area contributed by atoms with E-state index in [4.69, 9.17) is 4.74 Å². The van der Waals surface area contributed by atoms with E-state index in [0.29, 0.717) is 11.6 Å². The maximum Gasteiger partial charge on any atom is 0.194 e. The van der Waals surface area contributed by atoms with Gasteiger partial charge in [0.1, 0.15) is 22.7 Å². The number of aromatic nitrogens is 4. The van der Waals surface area contributed by atoms with Gasteiger partial charge in [0.15, 0.2) is 11.6 Å². The van der Waals surface area contributed by atoms with Crippen molar-refractivity contribution < 1.29 is 4.74 Å². The summed E-state index contributed by atoms with van der Waals surface area (Å²) in [6.07, 6.45) is 5.73. The van der Waals surface area contributed by atoms with Crippen LogP contribution in [0, 0.1) is 0 Å². The van der Waals surface area contributed by atoms with Crippen LogP contribution in [-0.4, -0.2) is 33.6 Å². The normalized spacial score (nSPS) is 10.2. The SMILES string of the molecule is CCCNc1ncnc(Sc2ccncn2)c1OC. The first-order valence-electron chi connectivity index (χ1n) is 5.92. The zero-order valence-corrected chi connectivity index (χ0v) is 11.6. The fourth-order valence-corrected chi connectivity index (χ4v) is 2.22. The van der Waals surface area contributed by atoms with E-state index in [0.717, 1.165) is 23.0 Å². The zero-order chi connectivity index (χ0) is 13.5. The molecule has 0 amide bonds. The molecule has 0 saturated heterocycles. The number of nitrogens with zero attached hydrogens (tertiary/aromatic N) is 4. The quantitative estimate of drug-likeness (QED) is 0.812. The highest BCUT2D eigenvalue weighted by atomic mass is 32.2. The average Bonchev–Trinajstić information content (AvgIpc) is 2.46. The summed E-state index contributed by atoms with van der Waals surface area (Å²) in [5.74, 6) is 1.34. The Balaban J connectivity index is 2.24. The van der Waals surface area contributed by atoms with Crippen molar-refractivity contribution in [2.24, 2.45) is 0 Å². The minimum Gasteiger partial charge on any atom is -0.490 e.